The highest BCUT2D eigenvalue weighted by molar-refractivity contribution is 5.25. The van der Waals surface area contributed by atoms with Gasteiger partial charge in [0.2, 0.25) is 0 Å². The zero-order valence-corrected chi connectivity index (χ0v) is 14.5. The summed E-state index contributed by atoms with van der Waals surface area (Å²) < 4.78 is 5.81. The lowest BCUT2D eigenvalue weighted by Gasteiger charge is -2.20. The molecule has 0 spiro atoms. The quantitative estimate of drug-likeness (QED) is 0.640. The molecule has 0 bridgehead atoms. The molecule has 0 radical (unpaired) electrons. The molecule has 0 aliphatic heterocycles. The van der Waals surface area contributed by atoms with Crippen LogP contribution in [0.15, 0.2) is 24.3 Å². The Balaban J connectivity index is 2.48. The monoisotopic (exact) mass is 291 g/mol. The van der Waals surface area contributed by atoms with Crippen molar-refractivity contribution in [2.45, 2.75) is 59.4 Å². The summed E-state index contributed by atoms with van der Waals surface area (Å²) in [5, 5.41) is 3.57. The van der Waals surface area contributed by atoms with Gasteiger partial charge in [-0.3, -0.25) is 0 Å². The van der Waals surface area contributed by atoms with E-state index in [1.807, 2.05) is 0 Å². The predicted octanol–water partition coefficient (Wildman–Crippen LogP) is 4.53. The van der Waals surface area contributed by atoms with Crippen LogP contribution in [0.25, 0.3) is 0 Å². The second kappa shape index (κ2) is 9.97. The smallest absolute Gasteiger partial charge is 0.0472 e. The molecule has 120 valence electrons. The molecule has 0 aliphatic rings. The molecule has 21 heavy (non-hydrogen) atoms. The van der Waals surface area contributed by atoms with Crippen molar-refractivity contribution in [2.24, 2.45) is 5.92 Å². The Kier molecular flexibility index (Phi) is 8.63. The van der Waals surface area contributed by atoms with E-state index in [9.17, 15) is 0 Å². The average Bonchev–Trinajstić information content (AvgIpc) is 2.41. The van der Waals surface area contributed by atoms with Crippen LogP contribution in [0.1, 0.15) is 57.6 Å². The number of nitrogens with one attached hydrogen (secondary N) is 1. The number of aryl methyl sites for hydroxylation is 1. The molecule has 1 aromatic carbocycles. The number of benzene rings is 1. The molecule has 2 heteroatoms. The zero-order valence-electron chi connectivity index (χ0n) is 14.5. The van der Waals surface area contributed by atoms with Gasteiger partial charge in [0.15, 0.2) is 0 Å². The summed E-state index contributed by atoms with van der Waals surface area (Å²) in [4.78, 5) is 0. The Morgan fingerprint density at radius 1 is 1.05 bits per heavy atom. The van der Waals surface area contributed by atoms with Crippen LogP contribution in [0.5, 0.6) is 0 Å². The molecule has 0 saturated carbocycles. The minimum Gasteiger partial charge on any atom is -0.381 e. The third-order valence-corrected chi connectivity index (χ3v) is 3.74. The van der Waals surface area contributed by atoms with Gasteiger partial charge in [0, 0.05) is 25.8 Å². The molecule has 0 heterocycles. The Bertz CT molecular complexity index is 387. The first kappa shape index (κ1) is 18.2. The summed E-state index contributed by atoms with van der Waals surface area (Å²) in [6, 6.07) is 9.40. The van der Waals surface area contributed by atoms with Crippen LogP contribution in [-0.2, 0) is 4.74 Å². The third kappa shape index (κ3) is 8.23. The largest absolute Gasteiger partial charge is 0.381 e. The molecular formula is C19H33NO. The average molecular weight is 291 g/mol. The van der Waals surface area contributed by atoms with Gasteiger partial charge < -0.3 is 10.1 Å². The maximum atomic E-state index is 5.81. The van der Waals surface area contributed by atoms with Crippen molar-refractivity contribution in [1.29, 1.82) is 0 Å². The number of hydrogen-bond acceptors (Lipinski definition) is 2. The molecule has 1 rings (SSSR count). The highest BCUT2D eigenvalue weighted by Gasteiger charge is 2.12. The summed E-state index contributed by atoms with van der Waals surface area (Å²) in [6.45, 7) is 13.8. The van der Waals surface area contributed by atoms with E-state index in [4.69, 9.17) is 4.74 Å². The van der Waals surface area contributed by atoms with Gasteiger partial charge in [-0.05, 0) is 37.2 Å². The van der Waals surface area contributed by atoms with E-state index in [0.717, 1.165) is 38.5 Å². The molecule has 1 unspecified atom stereocenters. The van der Waals surface area contributed by atoms with Crippen molar-refractivity contribution >= 4 is 0 Å². The van der Waals surface area contributed by atoms with E-state index < -0.39 is 0 Å². The topological polar surface area (TPSA) is 21.3 Å². The minimum absolute atomic E-state index is 0.527. The first-order valence-electron chi connectivity index (χ1n) is 8.36. The Morgan fingerprint density at radius 2 is 1.76 bits per heavy atom. The zero-order chi connectivity index (χ0) is 15.7. The first-order valence-corrected chi connectivity index (χ1v) is 8.36. The van der Waals surface area contributed by atoms with E-state index in [0.29, 0.717) is 12.0 Å². The van der Waals surface area contributed by atoms with E-state index >= 15 is 0 Å². The van der Waals surface area contributed by atoms with Gasteiger partial charge in [-0.1, -0.05) is 57.5 Å². The van der Waals surface area contributed by atoms with Crippen molar-refractivity contribution < 1.29 is 4.74 Å². The van der Waals surface area contributed by atoms with Crippen molar-refractivity contribution in [3.63, 3.8) is 0 Å². The Hall–Kier alpha value is -0.860. The Morgan fingerprint density at radius 3 is 2.38 bits per heavy atom. The minimum atomic E-state index is 0.527. The summed E-state index contributed by atoms with van der Waals surface area (Å²) in [5.74, 6) is 1.26. The van der Waals surface area contributed by atoms with Gasteiger partial charge in [-0.15, -0.1) is 0 Å². The van der Waals surface area contributed by atoms with Crippen LogP contribution >= 0.6 is 0 Å². The lowest BCUT2D eigenvalue weighted by molar-refractivity contribution is 0.116. The SMILES string of the molecule is Cc1cccc(C(CCOCCC(C)C)CNC(C)C)c1. The summed E-state index contributed by atoms with van der Waals surface area (Å²) in [6.07, 6.45) is 2.24. The molecule has 0 fully saturated rings. The lowest BCUT2D eigenvalue weighted by Crippen LogP contribution is -2.28. The van der Waals surface area contributed by atoms with Gasteiger partial charge in [-0.25, -0.2) is 0 Å². The van der Waals surface area contributed by atoms with Crippen molar-refractivity contribution in [3.8, 4) is 0 Å². The van der Waals surface area contributed by atoms with Gasteiger partial charge in [0.05, 0.1) is 0 Å². The standard InChI is InChI=1S/C19H33NO/c1-15(2)9-11-21-12-10-19(14-20-16(3)4)18-8-6-7-17(5)13-18/h6-8,13,15-16,19-20H,9-12,14H2,1-5H3. The maximum Gasteiger partial charge on any atom is 0.0472 e. The fourth-order valence-corrected chi connectivity index (χ4v) is 2.34. The first-order chi connectivity index (χ1) is 9.99. The molecule has 0 saturated heterocycles. The van der Waals surface area contributed by atoms with Gasteiger partial charge in [0.1, 0.15) is 0 Å². The Labute approximate surface area is 131 Å². The number of rotatable bonds is 10. The van der Waals surface area contributed by atoms with Crippen molar-refractivity contribution in [2.75, 3.05) is 19.8 Å². The molecular weight excluding hydrogens is 258 g/mol. The molecule has 1 atom stereocenters. The van der Waals surface area contributed by atoms with Crippen molar-refractivity contribution in [3.05, 3.63) is 35.4 Å². The van der Waals surface area contributed by atoms with Crippen LogP contribution in [0.3, 0.4) is 0 Å². The van der Waals surface area contributed by atoms with Gasteiger partial charge in [-0.2, -0.15) is 0 Å². The molecule has 1 N–H and O–H groups in total. The van der Waals surface area contributed by atoms with Crippen LogP contribution in [0, 0.1) is 12.8 Å². The maximum absolute atomic E-state index is 5.81. The fourth-order valence-electron chi connectivity index (χ4n) is 2.34. The van der Waals surface area contributed by atoms with Crippen LogP contribution in [0.2, 0.25) is 0 Å². The predicted molar refractivity (Wildman–Crippen MR) is 91.9 cm³/mol. The third-order valence-electron chi connectivity index (χ3n) is 3.74. The second-order valence-electron chi connectivity index (χ2n) is 6.76. The van der Waals surface area contributed by atoms with E-state index in [-0.39, 0.29) is 0 Å². The van der Waals surface area contributed by atoms with E-state index in [1.165, 1.54) is 11.1 Å². The summed E-state index contributed by atoms with van der Waals surface area (Å²) in [7, 11) is 0. The molecule has 2 nitrogen and oxygen atoms in total. The van der Waals surface area contributed by atoms with Crippen LogP contribution in [0.4, 0.5) is 0 Å². The number of ether oxygens (including phenoxy) is 1. The fraction of sp³-hybridized carbons (Fsp3) is 0.684. The molecule has 1 aromatic rings. The van der Waals surface area contributed by atoms with Crippen LogP contribution < -0.4 is 5.32 Å². The van der Waals surface area contributed by atoms with E-state index in [2.05, 4.69) is 64.2 Å². The van der Waals surface area contributed by atoms with Crippen molar-refractivity contribution in [1.82, 2.24) is 5.32 Å². The normalized spacial score (nSPS) is 13.1. The van der Waals surface area contributed by atoms with Crippen LogP contribution in [-0.4, -0.2) is 25.8 Å². The highest BCUT2D eigenvalue weighted by Crippen LogP contribution is 2.20. The van der Waals surface area contributed by atoms with Gasteiger partial charge >= 0.3 is 0 Å². The highest BCUT2D eigenvalue weighted by atomic mass is 16.5. The van der Waals surface area contributed by atoms with Gasteiger partial charge in [0.25, 0.3) is 0 Å². The lowest BCUT2D eigenvalue weighted by atomic mass is 9.94. The summed E-state index contributed by atoms with van der Waals surface area (Å²) >= 11 is 0. The second-order valence-corrected chi connectivity index (χ2v) is 6.76. The molecule has 0 aliphatic carbocycles. The van der Waals surface area contributed by atoms with E-state index in [1.54, 1.807) is 0 Å². The molecule has 0 amide bonds. The number of hydrogen-bond donors (Lipinski definition) is 1. The molecule has 0 aromatic heterocycles. The summed E-state index contributed by atoms with van der Waals surface area (Å²) in [5.41, 5.74) is 2.76.